The predicted molar refractivity (Wildman–Crippen MR) is 44.8 cm³/mol. The topological polar surface area (TPSA) is 46.5 Å². The van der Waals surface area contributed by atoms with E-state index in [1.165, 1.54) is 0 Å². The number of fused-ring (bicyclic) bond motifs is 1. The lowest BCUT2D eigenvalue weighted by molar-refractivity contribution is -0.182. The van der Waals surface area contributed by atoms with Gasteiger partial charge in [-0.05, 0) is 24.7 Å². The van der Waals surface area contributed by atoms with E-state index in [0.29, 0.717) is 17.8 Å². The second-order valence-electron chi connectivity index (χ2n) is 4.74. The van der Waals surface area contributed by atoms with Crippen molar-refractivity contribution in [2.75, 3.05) is 0 Å². The third-order valence-electron chi connectivity index (χ3n) is 4.21. The van der Waals surface area contributed by atoms with E-state index in [2.05, 4.69) is 0 Å². The van der Waals surface area contributed by atoms with Crippen LogP contribution in [-0.2, 0) is 9.53 Å². The molecule has 3 aliphatic rings. The molecule has 2 bridgehead atoms. The Kier molecular flexibility index (Phi) is 1.36. The zero-order valence-corrected chi connectivity index (χ0v) is 7.64. The molecule has 0 spiro atoms. The maximum Gasteiger partial charge on any atom is 0.309 e. The monoisotopic (exact) mass is 182 g/mol. The van der Waals surface area contributed by atoms with Gasteiger partial charge in [-0.15, -0.1) is 0 Å². The summed E-state index contributed by atoms with van der Waals surface area (Å²) < 4.78 is 5.25. The molecule has 0 amide bonds. The van der Waals surface area contributed by atoms with Crippen molar-refractivity contribution in [2.45, 2.75) is 32.0 Å². The van der Waals surface area contributed by atoms with Gasteiger partial charge in [-0.1, -0.05) is 6.92 Å². The fourth-order valence-corrected chi connectivity index (χ4v) is 3.47. The summed E-state index contributed by atoms with van der Waals surface area (Å²) in [6.07, 6.45) is 1.54. The zero-order valence-electron chi connectivity index (χ0n) is 7.64. The number of aliphatic hydroxyl groups excluding tert-OH is 1. The van der Waals surface area contributed by atoms with Gasteiger partial charge in [-0.3, -0.25) is 4.79 Å². The lowest BCUT2D eigenvalue weighted by Crippen LogP contribution is -2.48. The number of ether oxygens (including phenoxy) is 1. The van der Waals surface area contributed by atoms with Crippen LogP contribution in [0.5, 0.6) is 0 Å². The molecule has 72 valence electrons. The Morgan fingerprint density at radius 1 is 1.38 bits per heavy atom. The molecule has 3 nitrogen and oxygen atoms in total. The van der Waals surface area contributed by atoms with Gasteiger partial charge in [0, 0.05) is 5.92 Å². The minimum atomic E-state index is -0.377. The van der Waals surface area contributed by atoms with Crippen molar-refractivity contribution in [1.29, 1.82) is 0 Å². The van der Waals surface area contributed by atoms with Crippen molar-refractivity contribution >= 4 is 5.97 Å². The lowest BCUT2D eigenvalue weighted by atomic mass is 9.75. The molecule has 6 unspecified atom stereocenters. The first-order chi connectivity index (χ1) is 6.18. The summed E-state index contributed by atoms with van der Waals surface area (Å²) in [5.74, 6) is 1.28. The number of carbonyl (C=O) groups excluding carboxylic acids is 1. The first-order valence-corrected chi connectivity index (χ1v) is 5.07. The number of hydrogen-bond acceptors (Lipinski definition) is 3. The third kappa shape index (κ3) is 0.810. The van der Waals surface area contributed by atoms with Crippen molar-refractivity contribution < 1.29 is 14.6 Å². The summed E-state index contributed by atoms with van der Waals surface area (Å²) in [6, 6.07) is 0. The summed E-state index contributed by atoms with van der Waals surface area (Å²) in [5, 5.41) is 9.76. The maximum atomic E-state index is 11.4. The third-order valence-corrected chi connectivity index (χ3v) is 4.21. The van der Waals surface area contributed by atoms with Crippen molar-refractivity contribution in [1.82, 2.24) is 0 Å². The average Bonchev–Trinajstić information content (AvgIpc) is 2.64. The van der Waals surface area contributed by atoms with Crippen molar-refractivity contribution in [2.24, 2.45) is 23.7 Å². The van der Waals surface area contributed by atoms with Crippen LogP contribution < -0.4 is 0 Å². The molecule has 2 aliphatic carbocycles. The average molecular weight is 182 g/mol. The number of hydrogen-bond donors (Lipinski definition) is 1. The Morgan fingerprint density at radius 2 is 2.08 bits per heavy atom. The fourth-order valence-electron chi connectivity index (χ4n) is 3.47. The number of esters is 1. The Labute approximate surface area is 77.1 Å². The highest BCUT2D eigenvalue weighted by Gasteiger charge is 2.59. The first kappa shape index (κ1) is 7.80. The molecule has 3 heteroatoms. The van der Waals surface area contributed by atoms with Crippen molar-refractivity contribution in [3.05, 3.63) is 0 Å². The normalized spacial score (nSPS) is 58.2. The van der Waals surface area contributed by atoms with Gasteiger partial charge in [-0.2, -0.15) is 0 Å². The Hall–Kier alpha value is -0.570. The first-order valence-electron chi connectivity index (χ1n) is 5.07. The molecule has 13 heavy (non-hydrogen) atoms. The van der Waals surface area contributed by atoms with E-state index in [9.17, 15) is 9.90 Å². The SMILES string of the molecule is CC1C(=O)OC2C(O)C3CC1C2C3. The van der Waals surface area contributed by atoms with Crippen LogP contribution in [0.2, 0.25) is 0 Å². The van der Waals surface area contributed by atoms with E-state index < -0.39 is 0 Å². The van der Waals surface area contributed by atoms with E-state index in [0.717, 1.165) is 12.8 Å². The van der Waals surface area contributed by atoms with Crippen molar-refractivity contribution in [3.8, 4) is 0 Å². The predicted octanol–water partition coefficient (Wildman–Crippen LogP) is 0.565. The van der Waals surface area contributed by atoms with Gasteiger partial charge in [0.1, 0.15) is 6.10 Å². The Morgan fingerprint density at radius 3 is 2.77 bits per heavy atom. The van der Waals surface area contributed by atoms with Gasteiger partial charge in [-0.25, -0.2) is 0 Å². The molecular weight excluding hydrogens is 168 g/mol. The minimum absolute atomic E-state index is 0.0544. The molecule has 3 fully saturated rings. The van der Waals surface area contributed by atoms with Gasteiger partial charge in [0.15, 0.2) is 0 Å². The standard InChI is InChI=1S/C10H14O3/c1-4-6-2-5-3-7(6)9(8(5)11)13-10(4)12/h4-9,11H,2-3H2,1H3. The summed E-state index contributed by atoms with van der Waals surface area (Å²) in [4.78, 5) is 11.4. The molecule has 0 aromatic carbocycles. The van der Waals surface area contributed by atoms with E-state index in [-0.39, 0.29) is 24.1 Å². The van der Waals surface area contributed by atoms with Crippen molar-refractivity contribution in [3.63, 3.8) is 0 Å². The molecule has 6 atom stereocenters. The molecule has 1 saturated heterocycles. The summed E-state index contributed by atoms with van der Waals surface area (Å²) in [7, 11) is 0. The smallest absolute Gasteiger partial charge is 0.309 e. The highest BCUT2D eigenvalue weighted by atomic mass is 16.6. The second-order valence-corrected chi connectivity index (χ2v) is 4.74. The van der Waals surface area contributed by atoms with Gasteiger partial charge < -0.3 is 9.84 Å². The number of aliphatic hydroxyl groups is 1. The fraction of sp³-hybridized carbons (Fsp3) is 0.900. The molecule has 0 aromatic rings. The minimum Gasteiger partial charge on any atom is -0.459 e. The quantitative estimate of drug-likeness (QED) is 0.557. The maximum absolute atomic E-state index is 11.4. The second kappa shape index (κ2) is 2.27. The summed E-state index contributed by atoms with van der Waals surface area (Å²) >= 11 is 0. The van der Waals surface area contributed by atoms with E-state index in [1.807, 2.05) is 6.92 Å². The van der Waals surface area contributed by atoms with Gasteiger partial charge in [0.25, 0.3) is 0 Å². The Bertz CT molecular complexity index is 261. The van der Waals surface area contributed by atoms with Crippen LogP contribution in [0.15, 0.2) is 0 Å². The van der Waals surface area contributed by atoms with E-state index in [1.54, 1.807) is 0 Å². The molecule has 0 aromatic heterocycles. The molecule has 3 rings (SSSR count). The molecule has 2 saturated carbocycles. The van der Waals surface area contributed by atoms with Gasteiger partial charge in [0.2, 0.25) is 0 Å². The zero-order chi connectivity index (χ0) is 9.16. The molecular formula is C10H14O3. The van der Waals surface area contributed by atoms with Crippen LogP contribution in [-0.4, -0.2) is 23.3 Å². The van der Waals surface area contributed by atoms with Crippen LogP contribution in [0, 0.1) is 23.7 Å². The van der Waals surface area contributed by atoms with Crippen LogP contribution in [0.3, 0.4) is 0 Å². The van der Waals surface area contributed by atoms with Gasteiger partial charge in [0.05, 0.1) is 12.0 Å². The van der Waals surface area contributed by atoms with E-state index in [4.69, 9.17) is 4.74 Å². The van der Waals surface area contributed by atoms with Crippen LogP contribution >= 0.6 is 0 Å². The number of carbonyl (C=O) groups is 1. The molecule has 1 aliphatic heterocycles. The Balaban J connectivity index is 1.95. The van der Waals surface area contributed by atoms with E-state index >= 15 is 0 Å². The van der Waals surface area contributed by atoms with Crippen LogP contribution in [0.25, 0.3) is 0 Å². The molecule has 1 heterocycles. The highest BCUT2D eigenvalue weighted by molar-refractivity contribution is 5.74. The molecule has 0 radical (unpaired) electrons. The summed E-state index contributed by atoms with van der Waals surface area (Å²) in [5.41, 5.74) is 0. The summed E-state index contributed by atoms with van der Waals surface area (Å²) in [6.45, 7) is 1.95. The van der Waals surface area contributed by atoms with Crippen LogP contribution in [0.4, 0.5) is 0 Å². The molecule has 1 N–H and O–H groups in total. The highest BCUT2D eigenvalue weighted by Crippen LogP contribution is 2.55. The largest absolute Gasteiger partial charge is 0.459 e. The number of rotatable bonds is 0. The lowest BCUT2D eigenvalue weighted by Gasteiger charge is -2.40. The van der Waals surface area contributed by atoms with Gasteiger partial charge >= 0.3 is 5.97 Å². The van der Waals surface area contributed by atoms with Crippen LogP contribution in [0.1, 0.15) is 19.8 Å².